The third-order valence-electron chi connectivity index (χ3n) is 2.88. The molecule has 0 atom stereocenters. The minimum absolute atomic E-state index is 0.161. The van der Waals surface area contributed by atoms with Gasteiger partial charge < -0.3 is 5.73 Å². The highest BCUT2D eigenvalue weighted by Crippen LogP contribution is 2.17. The summed E-state index contributed by atoms with van der Waals surface area (Å²) in [4.78, 5) is 4.50. The molecule has 20 heavy (non-hydrogen) atoms. The van der Waals surface area contributed by atoms with Crippen molar-refractivity contribution in [2.24, 2.45) is 0 Å². The van der Waals surface area contributed by atoms with Crippen LogP contribution in [0.2, 0.25) is 0 Å². The molecular formula is C14H17N3O2S. The Kier molecular flexibility index (Phi) is 4.06. The quantitative estimate of drug-likeness (QED) is 0.841. The SMILES string of the molecule is Cc1cccc(CNS(=O)(=O)c2ccc(N)cc2C)n1. The number of nitrogens with two attached hydrogens (primary N) is 1. The second kappa shape index (κ2) is 5.60. The van der Waals surface area contributed by atoms with Gasteiger partial charge in [-0.2, -0.15) is 0 Å². The normalized spacial score (nSPS) is 11.5. The number of pyridine rings is 1. The van der Waals surface area contributed by atoms with E-state index >= 15 is 0 Å². The summed E-state index contributed by atoms with van der Waals surface area (Å²) in [7, 11) is -3.56. The smallest absolute Gasteiger partial charge is 0.241 e. The van der Waals surface area contributed by atoms with Crippen molar-refractivity contribution in [1.29, 1.82) is 0 Å². The van der Waals surface area contributed by atoms with Gasteiger partial charge in [0, 0.05) is 11.4 Å². The lowest BCUT2D eigenvalue weighted by molar-refractivity contribution is 0.579. The molecule has 0 saturated heterocycles. The molecule has 1 heterocycles. The Morgan fingerprint density at radius 3 is 2.60 bits per heavy atom. The van der Waals surface area contributed by atoms with Crippen LogP contribution in [-0.4, -0.2) is 13.4 Å². The number of nitrogen functional groups attached to an aromatic ring is 1. The lowest BCUT2D eigenvalue weighted by Crippen LogP contribution is -2.24. The van der Waals surface area contributed by atoms with Crippen LogP contribution in [0.25, 0.3) is 0 Å². The summed E-state index contributed by atoms with van der Waals surface area (Å²) in [5.41, 5.74) is 8.32. The second-order valence-electron chi connectivity index (χ2n) is 4.62. The summed E-state index contributed by atoms with van der Waals surface area (Å²) in [5, 5.41) is 0. The van der Waals surface area contributed by atoms with Gasteiger partial charge >= 0.3 is 0 Å². The van der Waals surface area contributed by atoms with E-state index in [1.54, 1.807) is 25.1 Å². The fraction of sp³-hybridized carbons (Fsp3) is 0.214. The molecule has 2 aromatic rings. The maximum absolute atomic E-state index is 12.2. The molecule has 5 nitrogen and oxygen atoms in total. The van der Waals surface area contributed by atoms with Crippen molar-refractivity contribution < 1.29 is 8.42 Å². The number of hydrogen-bond donors (Lipinski definition) is 2. The molecule has 1 aromatic carbocycles. The summed E-state index contributed by atoms with van der Waals surface area (Å²) >= 11 is 0. The highest BCUT2D eigenvalue weighted by molar-refractivity contribution is 7.89. The monoisotopic (exact) mass is 291 g/mol. The summed E-state index contributed by atoms with van der Waals surface area (Å²) in [6.07, 6.45) is 0. The van der Waals surface area contributed by atoms with Gasteiger partial charge in [0.1, 0.15) is 0 Å². The van der Waals surface area contributed by atoms with E-state index in [1.807, 2.05) is 19.1 Å². The molecule has 0 bridgehead atoms. The Bertz CT molecular complexity index is 727. The van der Waals surface area contributed by atoms with Gasteiger partial charge in [0.25, 0.3) is 0 Å². The largest absolute Gasteiger partial charge is 0.399 e. The zero-order valence-electron chi connectivity index (χ0n) is 11.4. The third-order valence-corrected chi connectivity index (χ3v) is 4.44. The number of rotatable bonds is 4. The van der Waals surface area contributed by atoms with Crippen LogP contribution in [0.5, 0.6) is 0 Å². The summed E-state index contributed by atoms with van der Waals surface area (Å²) in [6, 6.07) is 10.2. The molecule has 0 saturated carbocycles. The average molecular weight is 291 g/mol. The first-order valence-electron chi connectivity index (χ1n) is 6.17. The van der Waals surface area contributed by atoms with Crippen molar-refractivity contribution in [3.8, 4) is 0 Å². The van der Waals surface area contributed by atoms with Gasteiger partial charge in [-0.05, 0) is 49.7 Å². The first kappa shape index (κ1) is 14.5. The lowest BCUT2D eigenvalue weighted by Gasteiger charge is -2.10. The molecule has 0 aliphatic carbocycles. The standard InChI is InChI=1S/C14H17N3O2S/c1-10-8-12(15)6-7-14(10)20(18,19)16-9-13-5-3-4-11(2)17-13/h3-8,16H,9,15H2,1-2H3. The highest BCUT2D eigenvalue weighted by Gasteiger charge is 2.16. The first-order valence-corrected chi connectivity index (χ1v) is 7.65. The van der Waals surface area contributed by atoms with Crippen LogP contribution in [-0.2, 0) is 16.6 Å². The van der Waals surface area contributed by atoms with Crippen molar-refractivity contribution in [3.63, 3.8) is 0 Å². The van der Waals surface area contributed by atoms with E-state index in [4.69, 9.17) is 5.73 Å². The number of benzene rings is 1. The molecule has 0 unspecified atom stereocenters. The van der Waals surface area contributed by atoms with E-state index in [-0.39, 0.29) is 11.4 Å². The van der Waals surface area contributed by atoms with Gasteiger partial charge in [-0.1, -0.05) is 6.07 Å². The van der Waals surface area contributed by atoms with E-state index in [0.29, 0.717) is 16.9 Å². The molecule has 0 aliphatic rings. The lowest BCUT2D eigenvalue weighted by atomic mass is 10.2. The Morgan fingerprint density at radius 1 is 1.20 bits per heavy atom. The van der Waals surface area contributed by atoms with Crippen molar-refractivity contribution in [2.45, 2.75) is 25.3 Å². The Morgan fingerprint density at radius 2 is 1.95 bits per heavy atom. The van der Waals surface area contributed by atoms with Gasteiger partial charge in [-0.15, -0.1) is 0 Å². The third kappa shape index (κ3) is 3.34. The maximum Gasteiger partial charge on any atom is 0.241 e. The second-order valence-corrected chi connectivity index (χ2v) is 6.36. The topological polar surface area (TPSA) is 85.1 Å². The van der Waals surface area contributed by atoms with Gasteiger partial charge in [0.2, 0.25) is 10.0 Å². The molecule has 0 amide bonds. The molecule has 2 rings (SSSR count). The molecule has 3 N–H and O–H groups in total. The van der Waals surface area contributed by atoms with E-state index in [2.05, 4.69) is 9.71 Å². The fourth-order valence-corrected chi connectivity index (χ4v) is 3.14. The average Bonchev–Trinajstić information content (AvgIpc) is 2.36. The maximum atomic E-state index is 12.2. The van der Waals surface area contributed by atoms with E-state index < -0.39 is 10.0 Å². The zero-order chi connectivity index (χ0) is 14.8. The molecule has 6 heteroatoms. The van der Waals surface area contributed by atoms with Gasteiger partial charge in [0.05, 0.1) is 17.1 Å². The summed E-state index contributed by atoms with van der Waals surface area (Å²) < 4.78 is 27.0. The highest BCUT2D eigenvalue weighted by atomic mass is 32.2. The van der Waals surface area contributed by atoms with Crippen LogP contribution in [0, 0.1) is 13.8 Å². The van der Waals surface area contributed by atoms with Crippen LogP contribution in [0.4, 0.5) is 5.69 Å². The predicted octanol–water partition coefficient (Wildman–Crippen LogP) is 1.76. The number of aryl methyl sites for hydroxylation is 2. The number of anilines is 1. The zero-order valence-corrected chi connectivity index (χ0v) is 12.2. The summed E-state index contributed by atoms with van der Waals surface area (Å²) in [5.74, 6) is 0. The summed E-state index contributed by atoms with van der Waals surface area (Å²) in [6.45, 7) is 3.74. The number of hydrogen-bond acceptors (Lipinski definition) is 4. The van der Waals surface area contributed by atoms with Crippen LogP contribution in [0.1, 0.15) is 17.0 Å². The van der Waals surface area contributed by atoms with Crippen LogP contribution in [0.3, 0.4) is 0 Å². The molecule has 0 spiro atoms. The fourth-order valence-electron chi connectivity index (χ4n) is 1.92. The van der Waals surface area contributed by atoms with E-state index in [9.17, 15) is 8.42 Å². The molecular weight excluding hydrogens is 274 g/mol. The van der Waals surface area contributed by atoms with Crippen LogP contribution in [0.15, 0.2) is 41.3 Å². The molecule has 0 aliphatic heterocycles. The van der Waals surface area contributed by atoms with Gasteiger partial charge in [-0.3, -0.25) is 4.98 Å². The van der Waals surface area contributed by atoms with E-state index in [1.165, 1.54) is 6.07 Å². The predicted molar refractivity (Wildman–Crippen MR) is 78.6 cm³/mol. The Hall–Kier alpha value is -1.92. The molecule has 0 radical (unpaired) electrons. The van der Waals surface area contributed by atoms with Crippen LogP contribution < -0.4 is 10.5 Å². The minimum Gasteiger partial charge on any atom is -0.399 e. The Labute approximate surface area is 118 Å². The van der Waals surface area contributed by atoms with E-state index in [0.717, 1.165) is 5.69 Å². The molecule has 106 valence electrons. The van der Waals surface area contributed by atoms with Crippen molar-refractivity contribution in [3.05, 3.63) is 53.3 Å². The number of sulfonamides is 1. The number of aromatic nitrogens is 1. The van der Waals surface area contributed by atoms with Crippen LogP contribution >= 0.6 is 0 Å². The minimum atomic E-state index is -3.56. The number of nitrogens with zero attached hydrogens (tertiary/aromatic N) is 1. The number of nitrogens with one attached hydrogen (secondary N) is 1. The van der Waals surface area contributed by atoms with Crippen molar-refractivity contribution in [2.75, 3.05) is 5.73 Å². The first-order chi connectivity index (χ1) is 9.38. The molecule has 0 fully saturated rings. The van der Waals surface area contributed by atoms with Gasteiger partial charge in [-0.25, -0.2) is 13.1 Å². The van der Waals surface area contributed by atoms with Crippen molar-refractivity contribution >= 4 is 15.7 Å². The van der Waals surface area contributed by atoms with Gasteiger partial charge in [0.15, 0.2) is 0 Å². The van der Waals surface area contributed by atoms with Crippen molar-refractivity contribution in [1.82, 2.24) is 9.71 Å². The molecule has 1 aromatic heterocycles. The Balaban J connectivity index is 2.19.